The number of benzene rings is 4. The lowest BCUT2D eigenvalue weighted by molar-refractivity contribution is -0.393. The second kappa shape index (κ2) is 18.6. The van der Waals surface area contributed by atoms with E-state index in [1.165, 1.54) is 0 Å². The summed E-state index contributed by atoms with van der Waals surface area (Å²) in [6, 6.07) is 37.7. The van der Waals surface area contributed by atoms with Gasteiger partial charge in [-0.1, -0.05) is 121 Å². The number of fused-ring (bicyclic) bond motifs is 1. The fourth-order valence-electron chi connectivity index (χ4n) is 6.84. The summed E-state index contributed by atoms with van der Waals surface area (Å²) in [6.07, 6.45) is -11.4. The Kier molecular flexibility index (Phi) is 13.4. The predicted molar refractivity (Wildman–Crippen MR) is 196 cm³/mol. The van der Waals surface area contributed by atoms with Crippen LogP contribution in [0.5, 0.6) is 0 Å². The van der Waals surface area contributed by atoms with Gasteiger partial charge < -0.3 is 48.1 Å². The summed E-state index contributed by atoms with van der Waals surface area (Å²) in [4.78, 5) is 0. The largest absolute Gasteiger partial charge is 0.387 e. The predicted octanol–water partition coefficient (Wildman–Crippen LogP) is 4.02. The number of hydrogen-bond acceptors (Lipinski definition) is 13. The molecule has 3 aliphatic heterocycles. The fourth-order valence-corrected chi connectivity index (χ4v) is 7.22. The maximum Gasteiger partial charge on any atom is 0.264 e. The van der Waals surface area contributed by atoms with Gasteiger partial charge in [0, 0.05) is 5.56 Å². The minimum Gasteiger partial charge on any atom is -0.387 e. The second-order valence-corrected chi connectivity index (χ2v) is 15.3. The molecule has 0 bridgehead atoms. The molecule has 0 amide bonds. The average molecular weight is 779 g/mol. The number of ether oxygens (including phenoxy) is 8. The van der Waals surface area contributed by atoms with Crippen LogP contribution in [0, 0.1) is 0 Å². The SMILES string of the molecule is CS(=O)(=O)OC[C@H]1O[C@H](O[C@@H]2[C@@H](O)[C@@H]3OC(c4ccccc4)OC[C@H]3O[C@@H]2O)[C@H](OCc2ccccc2)[C@@H](OCc2ccccc2)[C@@H]1OCc1ccccc1. The summed E-state index contributed by atoms with van der Waals surface area (Å²) in [6.45, 7) is -0.0403. The highest BCUT2D eigenvalue weighted by Gasteiger charge is 2.54. The maximum atomic E-state index is 12.3. The Hall–Kier alpha value is -3.61. The topological polar surface area (TPSA) is 158 Å². The van der Waals surface area contributed by atoms with Crippen LogP contribution in [0.1, 0.15) is 28.5 Å². The first-order valence-electron chi connectivity index (χ1n) is 18.2. The molecule has 2 N–H and O–H groups in total. The Bertz CT molecular complexity index is 1850. The average Bonchev–Trinajstić information content (AvgIpc) is 3.20. The molecule has 1 unspecified atom stereocenters. The van der Waals surface area contributed by atoms with E-state index in [1.807, 2.05) is 121 Å². The van der Waals surface area contributed by atoms with Gasteiger partial charge in [-0.15, -0.1) is 0 Å². The molecule has 14 heteroatoms. The van der Waals surface area contributed by atoms with Crippen LogP contribution in [0.15, 0.2) is 121 Å². The van der Waals surface area contributed by atoms with E-state index in [1.54, 1.807) is 0 Å². The van der Waals surface area contributed by atoms with Crippen LogP contribution in [0.4, 0.5) is 0 Å². The summed E-state index contributed by atoms with van der Waals surface area (Å²) < 4.78 is 80.6. The Labute approximate surface area is 320 Å². The standard InChI is InChI=1S/C41H46O13S/c1-55(44,45)50-26-32-35(46-22-27-14-6-2-7-15-27)37(47-23-28-16-8-3-9-17-28)38(48-24-29-18-10-4-11-19-29)41(52-32)54-36-33(42)34-31(51-39(36)43)25-49-40(53-34)30-20-12-5-13-21-30/h2-21,31-43H,22-26H2,1H3/t31-,32-,33+,34-,35-,36-,37+,38-,39+,40?,41-/m1/s1. The van der Waals surface area contributed by atoms with Crippen LogP contribution < -0.4 is 0 Å². The van der Waals surface area contributed by atoms with Crippen LogP contribution in [0.3, 0.4) is 0 Å². The third-order valence-corrected chi connectivity index (χ3v) is 10.1. The van der Waals surface area contributed by atoms with Crippen molar-refractivity contribution in [2.45, 2.75) is 87.5 Å². The van der Waals surface area contributed by atoms with E-state index in [0.717, 1.165) is 28.5 Å². The lowest BCUT2D eigenvalue weighted by Crippen LogP contribution is -2.66. The molecule has 294 valence electrons. The Morgan fingerprint density at radius 1 is 0.636 bits per heavy atom. The molecule has 13 nitrogen and oxygen atoms in total. The molecular weight excluding hydrogens is 733 g/mol. The Balaban J connectivity index is 1.21. The van der Waals surface area contributed by atoms with Crippen molar-refractivity contribution in [3.05, 3.63) is 144 Å². The minimum atomic E-state index is -3.93. The lowest BCUT2D eigenvalue weighted by Gasteiger charge is -2.50. The van der Waals surface area contributed by atoms with E-state index in [2.05, 4.69) is 0 Å². The molecule has 7 rings (SSSR count). The zero-order valence-electron chi connectivity index (χ0n) is 30.2. The van der Waals surface area contributed by atoms with Crippen molar-refractivity contribution in [1.29, 1.82) is 0 Å². The van der Waals surface area contributed by atoms with Gasteiger partial charge >= 0.3 is 0 Å². The van der Waals surface area contributed by atoms with Crippen molar-refractivity contribution in [3.8, 4) is 0 Å². The van der Waals surface area contributed by atoms with Crippen molar-refractivity contribution >= 4 is 10.1 Å². The van der Waals surface area contributed by atoms with Gasteiger partial charge in [-0.2, -0.15) is 8.42 Å². The van der Waals surface area contributed by atoms with E-state index >= 15 is 0 Å². The summed E-state index contributed by atoms with van der Waals surface area (Å²) in [5.41, 5.74) is 3.31. The first kappa shape index (κ1) is 39.6. The highest BCUT2D eigenvalue weighted by atomic mass is 32.2. The van der Waals surface area contributed by atoms with Gasteiger partial charge in [0.25, 0.3) is 10.1 Å². The van der Waals surface area contributed by atoms with Gasteiger partial charge in [-0.05, 0) is 16.7 Å². The molecule has 0 aliphatic carbocycles. The summed E-state index contributed by atoms with van der Waals surface area (Å²) in [7, 11) is -3.93. The third-order valence-electron chi connectivity index (χ3n) is 9.58. The van der Waals surface area contributed by atoms with Gasteiger partial charge in [-0.3, -0.25) is 4.18 Å². The lowest BCUT2D eigenvalue weighted by atomic mass is 9.96. The fraction of sp³-hybridized carbons (Fsp3) is 0.415. The van der Waals surface area contributed by atoms with Crippen molar-refractivity contribution in [1.82, 2.24) is 0 Å². The number of aliphatic hydroxyl groups excluding tert-OH is 2. The molecule has 4 aromatic carbocycles. The first-order valence-corrected chi connectivity index (χ1v) is 20.0. The normalized spacial score (nSPS) is 31.1. The molecule has 0 spiro atoms. The van der Waals surface area contributed by atoms with Crippen molar-refractivity contribution < 1.29 is 60.7 Å². The summed E-state index contributed by atoms with van der Waals surface area (Å²) >= 11 is 0. The molecule has 3 aliphatic rings. The van der Waals surface area contributed by atoms with Gasteiger partial charge in [0.15, 0.2) is 18.9 Å². The molecule has 3 saturated heterocycles. The Morgan fingerprint density at radius 2 is 1.15 bits per heavy atom. The van der Waals surface area contributed by atoms with Crippen LogP contribution in [0.25, 0.3) is 0 Å². The van der Waals surface area contributed by atoms with Crippen molar-refractivity contribution in [3.63, 3.8) is 0 Å². The van der Waals surface area contributed by atoms with Crippen LogP contribution in [-0.4, -0.2) is 99.5 Å². The first-order chi connectivity index (χ1) is 26.7. The van der Waals surface area contributed by atoms with Crippen LogP contribution >= 0.6 is 0 Å². The smallest absolute Gasteiger partial charge is 0.264 e. The van der Waals surface area contributed by atoms with Gasteiger partial charge in [0.2, 0.25) is 0 Å². The highest BCUT2D eigenvalue weighted by Crippen LogP contribution is 2.37. The van der Waals surface area contributed by atoms with Gasteiger partial charge in [0.1, 0.15) is 48.8 Å². The van der Waals surface area contributed by atoms with Gasteiger partial charge in [-0.25, -0.2) is 0 Å². The molecule has 4 aromatic rings. The second-order valence-electron chi connectivity index (χ2n) is 13.6. The highest BCUT2D eigenvalue weighted by molar-refractivity contribution is 7.85. The summed E-state index contributed by atoms with van der Waals surface area (Å²) in [5, 5.41) is 23.0. The van der Waals surface area contributed by atoms with Crippen LogP contribution in [-0.2, 0) is 72.0 Å². The summed E-state index contributed by atoms with van der Waals surface area (Å²) in [5.74, 6) is 0. The Morgan fingerprint density at radius 3 is 1.69 bits per heavy atom. The monoisotopic (exact) mass is 778 g/mol. The zero-order chi connectivity index (χ0) is 38.2. The van der Waals surface area contributed by atoms with E-state index in [0.29, 0.717) is 0 Å². The van der Waals surface area contributed by atoms with E-state index in [-0.39, 0.29) is 26.4 Å². The molecule has 0 saturated carbocycles. The molecule has 0 aromatic heterocycles. The molecule has 55 heavy (non-hydrogen) atoms. The van der Waals surface area contributed by atoms with Crippen LogP contribution in [0.2, 0.25) is 0 Å². The van der Waals surface area contributed by atoms with E-state index in [4.69, 9.17) is 42.1 Å². The number of hydrogen-bond donors (Lipinski definition) is 2. The quantitative estimate of drug-likeness (QED) is 0.167. The third kappa shape index (κ3) is 10.4. The van der Waals surface area contributed by atoms with Crippen molar-refractivity contribution in [2.24, 2.45) is 0 Å². The van der Waals surface area contributed by atoms with E-state index < -0.39 is 84.4 Å². The molecule has 3 heterocycles. The molecular formula is C41H46O13S. The van der Waals surface area contributed by atoms with Gasteiger partial charge in [0.05, 0.1) is 39.3 Å². The van der Waals surface area contributed by atoms with E-state index in [9.17, 15) is 18.6 Å². The zero-order valence-corrected chi connectivity index (χ0v) is 31.0. The van der Waals surface area contributed by atoms with Crippen molar-refractivity contribution in [2.75, 3.05) is 19.5 Å². The molecule has 0 radical (unpaired) electrons. The number of rotatable bonds is 15. The number of aliphatic hydroxyl groups is 2. The molecule has 11 atom stereocenters. The minimum absolute atomic E-state index is 0.0501. The molecule has 3 fully saturated rings. The maximum absolute atomic E-state index is 12.3.